The molecule has 0 saturated carbocycles. The van der Waals surface area contributed by atoms with E-state index < -0.39 is 12.0 Å². The Labute approximate surface area is 166 Å². The summed E-state index contributed by atoms with van der Waals surface area (Å²) in [7, 11) is 0. The zero-order valence-electron chi connectivity index (χ0n) is 16.1. The molecule has 1 aliphatic heterocycles. The SMILES string of the molecule is Cc1ccccc1C(c1ccc(-c2ccccc2)cc1)N1CCCC1C(=O)O. The van der Waals surface area contributed by atoms with Gasteiger partial charge in [0, 0.05) is 6.54 Å². The first-order valence-corrected chi connectivity index (χ1v) is 9.84. The van der Waals surface area contributed by atoms with Crippen LogP contribution in [0.3, 0.4) is 0 Å². The summed E-state index contributed by atoms with van der Waals surface area (Å²) in [5, 5.41) is 9.75. The highest BCUT2D eigenvalue weighted by Gasteiger charge is 2.37. The zero-order chi connectivity index (χ0) is 19.5. The van der Waals surface area contributed by atoms with Crippen LogP contribution in [0.5, 0.6) is 0 Å². The van der Waals surface area contributed by atoms with Crippen LogP contribution in [0.4, 0.5) is 0 Å². The lowest BCUT2D eigenvalue weighted by atomic mass is 9.91. The smallest absolute Gasteiger partial charge is 0.320 e. The van der Waals surface area contributed by atoms with E-state index in [4.69, 9.17) is 0 Å². The second-order valence-electron chi connectivity index (χ2n) is 7.48. The number of hydrogen-bond donors (Lipinski definition) is 1. The van der Waals surface area contributed by atoms with Crippen molar-refractivity contribution in [2.45, 2.75) is 31.8 Å². The lowest BCUT2D eigenvalue weighted by molar-refractivity contribution is -0.142. The number of nitrogens with zero attached hydrogens (tertiary/aromatic N) is 1. The van der Waals surface area contributed by atoms with Crippen LogP contribution >= 0.6 is 0 Å². The van der Waals surface area contributed by atoms with Gasteiger partial charge < -0.3 is 5.11 Å². The normalized spacial score (nSPS) is 18.1. The highest BCUT2D eigenvalue weighted by Crippen LogP contribution is 2.37. The second-order valence-corrected chi connectivity index (χ2v) is 7.48. The predicted molar refractivity (Wildman–Crippen MR) is 112 cm³/mol. The first-order chi connectivity index (χ1) is 13.6. The molecule has 3 heteroatoms. The Morgan fingerprint density at radius 3 is 2.25 bits per heavy atom. The highest BCUT2D eigenvalue weighted by molar-refractivity contribution is 5.74. The molecule has 1 saturated heterocycles. The quantitative estimate of drug-likeness (QED) is 0.661. The van der Waals surface area contributed by atoms with Crippen molar-refractivity contribution in [1.82, 2.24) is 4.90 Å². The number of hydrogen-bond acceptors (Lipinski definition) is 2. The fourth-order valence-electron chi connectivity index (χ4n) is 4.29. The molecule has 0 radical (unpaired) electrons. The molecule has 3 nitrogen and oxygen atoms in total. The molecule has 142 valence electrons. The molecule has 3 aromatic carbocycles. The fraction of sp³-hybridized carbons (Fsp3) is 0.240. The van der Waals surface area contributed by atoms with Gasteiger partial charge in [0.1, 0.15) is 6.04 Å². The van der Waals surface area contributed by atoms with Crippen LogP contribution < -0.4 is 0 Å². The first kappa shape index (κ1) is 18.5. The summed E-state index contributed by atoms with van der Waals surface area (Å²) in [5.74, 6) is -0.725. The number of carboxylic acid groups (broad SMARTS) is 1. The molecule has 1 heterocycles. The Morgan fingerprint density at radius 1 is 0.929 bits per heavy atom. The van der Waals surface area contributed by atoms with Gasteiger partial charge in [-0.25, -0.2) is 0 Å². The van der Waals surface area contributed by atoms with Gasteiger partial charge >= 0.3 is 5.97 Å². The molecular formula is C25H25NO2. The third-order valence-corrected chi connectivity index (χ3v) is 5.73. The summed E-state index contributed by atoms with van der Waals surface area (Å²) in [6.45, 7) is 2.91. The van der Waals surface area contributed by atoms with Gasteiger partial charge in [0.25, 0.3) is 0 Å². The molecule has 1 aliphatic rings. The molecule has 2 atom stereocenters. The minimum absolute atomic E-state index is 0.0466. The van der Waals surface area contributed by atoms with Crippen LogP contribution in [0.1, 0.15) is 35.6 Å². The Bertz CT molecular complexity index is 950. The molecule has 0 amide bonds. The van der Waals surface area contributed by atoms with E-state index in [1.54, 1.807) is 0 Å². The first-order valence-electron chi connectivity index (χ1n) is 9.84. The highest BCUT2D eigenvalue weighted by atomic mass is 16.4. The van der Waals surface area contributed by atoms with Crippen molar-refractivity contribution in [2.75, 3.05) is 6.54 Å². The van der Waals surface area contributed by atoms with Crippen molar-refractivity contribution in [3.05, 3.63) is 95.6 Å². The minimum atomic E-state index is -0.725. The molecule has 1 N–H and O–H groups in total. The number of likely N-dealkylation sites (tertiary alicyclic amines) is 1. The van der Waals surface area contributed by atoms with Gasteiger partial charge in [-0.1, -0.05) is 78.9 Å². The van der Waals surface area contributed by atoms with Crippen molar-refractivity contribution in [3.8, 4) is 11.1 Å². The Balaban J connectivity index is 1.76. The zero-order valence-corrected chi connectivity index (χ0v) is 16.1. The van der Waals surface area contributed by atoms with Crippen LogP contribution in [0, 0.1) is 6.92 Å². The van der Waals surface area contributed by atoms with E-state index in [1.165, 1.54) is 22.3 Å². The monoisotopic (exact) mass is 371 g/mol. The summed E-state index contributed by atoms with van der Waals surface area (Å²) in [6.07, 6.45) is 1.63. The van der Waals surface area contributed by atoms with E-state index >= 15 is 0 Å². The summed E-state index contributed by atoms with van der Waals surface area (Å²) < 4.78 is 0. The lowest BCUT2D eigenvalue weighted by Crippen LogP contribution is -2.39. The molecule has 0 spiro atoms. The Morgan fingerprint density at radius 2 is 1.57 bits per heavy atom. The molecule has 0 aliphatic carbocycles. The average Bonchev–Trinajstić information content (AvgIpc) is 3.21. The molecular weight excluding hydrogens is 346 g/mol. The Kier molecular flexibility index (Phi) is 5.27. The van der Waals surface area contributed by atoms with E-state index in [2.05, 4.69) is 60.4 Å². The predicted octanol–water partition coefficient (Wildman–Crippen LogP) is 5.30. The van der Waals surface area contributed by atoms with Crippen LogP contribution in [0.15, 0.2) is 78.9 Å². The number of carbonyl (C=O) groups is 1. The molecule has 0 bridgehead atoms. The minimum Gasteiger partial charge on any atom is -0.480 e. The molecule has 1 fully saturated rings. The van der Waals surface area contributed by atoms with Gasteiger partial charge in [-0.05, 0) is 47.6 Å². The average molecular weight is 371 g/mol. The van der Waals surface area contributed by atoms with E-state index in [0.717, 1.165) is 18.5 Å². The standard InChI is InChI=1S/C25H25NO2/c1-18-8-5-6-11-22(18)24(26-17-7-12-23(26)25(27)28)21-15-13-20(14-16-21)19-9-3-2-4-10-19/h2-6,8-11,13-16,23-24H,7,12,17H2,1H3,(H,27,28). The van der Waals surface area contributed by atoms with Crippen LogP contribution in [0.25, 0.3) is 11.1 Å². The maximum atomic E-state index is 11.9. The van der Waals surface area contributed by atoms with E-state index in [0.29, 0.717) is 6.42 Å². The molecule has 3 aromatic rings. The maximum absolute atomic E-state index is 11.9. The summed E-state index contributed by atoms with van der Waals surface area (Å²) in [5.41, 5.74) is 5.87. The van der Waals surface area contributed by atoms with Crippen LogP contribution in [-0.2, 0) is 4.79 Å². The van der Waals surface area contributed by atoms with Crippen molar-refractivity contribution in [2.24, 2.45) is 0 Å². The topological polar surface area (TPSA) is 40.5 Å². The second kappa shape index (κ2) is 7.99. The molecule has 4 rings (SSSR count). The number of benzene rings is 3. The third kappa shape index (κ3) is 3.58. The van der Waals surface area contributed by atoms with Crippen LogP contribution in [-0.4, -0.2) is 28.6 Å². The number of aryl methyl sites for hydroxylation is 1. The third-order valence-electron chi connectivity index (χ3n) is 5.73. The lowest BCUT2D eigenvalue weighted by Gasteiger charge is -2.33. The summed E-state index contributed by atoms with van der Waals surface area (Å²) >= 11 is 0. The van der Waals surface area contributed by atoms with E-state index in [9.17, 15) is 9.90 Å². The van der Waals surface area contributed by atoms with Gasteiger partial charge in [-0.2, -0.15) is 0 Å². The van der Waals surface area contributed by atoms with Gasteiger partial charge in [-0.3, -0.25) is 9.69 Å². The summed E-state index contributed by atoms with van der Waals surface area (Å²) in [6, 6.07) is 26.7. The van der Waals surface area contributed by atoms with Gasteiger partial charge in [0.15, 0.2) is 0 Å². The van der Waals surface area contributed by atoms with Crippen LogP contribution in [0.2, 0.25) is 0 Å². The largest absolute Gasteiger partial charge is 0.480 e. The fourth-order valence-corrected chi connectivity index (χ4v) is 4.29. The number of rotatable bonds is 5. The molecule has 28 heavy (non-hydrogen) atoms. The van der Waals surface area contributed by atoms with Gasteiger partial charge in [-0.15, -0.1) is 0 Å². The van der Waals surface area contributed by atoms with Gasteiger partial charge in [0.05, 0.1) is 6.04 Å². The van der Waals surface area contributed by atoms with E-state index in [-0.39, 0.29) is 6.04 Å². The van der Waals surface area contributed by atoms with Crippen molar-refractivity contribution in [3.63, 3.8) is 0 Å². The summed E-state index contributed by atoms with van der Waals surface area (Å²) in [4.78, 5) is 14.0. The number of aliphatic carboxylic acids is 1. The maximum Gasteiger partial charge on any atom is 0.320 e. The van der Waals surface area contributed by atoms with Crippen molar-refractivity contribution >= 4 is 5.97 Å². The van der Waals surface area contributed by atoms with Gasteiger partial charge in [0.2, 0.25) is 0 Å². The molecule has 2 unspecified atom stereocenters. The number of carboxylic acids is 1. The molecule has 0 aromatic heterocycles. The van der Waals surface area contributed by atoms with Crippen molar-refractivity contribution in [1.29, 1.82) is 0 Å². The van der Waals surface area contributed by atoms with Crippen molar-refractivity contribution < 1.29 is 9.90 Å². The van der Waals surface area contributed by atoms with E-state index in [1.807, 2.05) is 30.3 Å². The Hall–Kier alpha value is -2.91.